The van der Waals surface area contributed by atoms with Crippen LogP contribution in [0.25, 0.3) is 0 Å². The molecule has 3 heteroatoms. The highest BCUT2D eigenvalue weighted by atomic mass is 35.5. The Balaban J connectivity index is 2.35. The lowest BCUT2D eigenvalue weighted by molar-refractivity contribution is 0.979. The van der Waals surface area contributed by atoms with Crippen molar-refractivity contribution >= 4 is 35.1 Å². The van der Waals surface area contributed by atoms with Crippen LogP contribution in [0, 0.1) is 0 Å². The smallest absolute Gasteiger partial charge is 0.0556 e. The Bertz CT molecular complexity index is 93.2. The summed E-state index contributed by atoms with van der Waals surface area (Å²) in [6.07, 6.45) is 0. The average molecular weight is 183 g/mol. The first-order chi connectivity index (χ1) is 4.10. The summed E-state index contributed by atoms with van der Waals surface area (Å²) in [5, 5.41) is 0.396. The molecule has 1 fully saturated rings. The van der Waals surface area contributed by atoms with Crippen LogP contribution in [-0.4, -0.2) is 21.0 Å². The molecule has 0 aromatic heterocycles. The van der Waals surface area contributed by atoms with Gasteiger partial charge in [0.25, 0.3) is 0 Å². The van der Waals surface area contributed by atoms with Crippen molar-refractivity contribution in [2.45, 2.75) is 23.3 Å². The van der Waals surface area contributed by atoms with Crippen LogP contribution in [0.4, 0.5) is 0 Å². The second-order valence-corrected chi connectivity index (χ2v) is 6.78. The van der Waals surface area contributed by atoms with E-state index in [1.165, 1.54) is 0 Å². The minimum atomic E-state index is 0.396. The molecule has 0 aliphatic carbocycles. The second-order valence-electron chi connectivity index (χ2n) is 2.62. The molecule has 1 aliphatic heterocycles. The third-order valence-electron chi connectivity index (χ3n) is 1.22. The topological polar surface area (TPSA) is 0 Å². The third kappa shape index (κ3) is 2.60. The van der Waals surface area contributed by atoms with Gasteiger partial charge in [0, 0.05) is 11.5 Å². The van der Waals surface area contributed by atoms with Crippen LogP contribution in [-0.2, 0) is 0 Å². The molecule has 0 atom stereocenters. The van der Waals surface area contributed by atoms with Gasteiger partial charge in [-0.3, -0.25) is 0 Å². The van der Waals surface area contributed by atoms with E-state index in [-0.39, 0.29) is 0 Å². The Morgan fingerprint density at radius 3 is 2.11 bits per heavy atom. The Morgan fingerprint density at radius 1 is 1.33 bits per heavy atom. The Kier molecular flexibility index (Phi) is 2.64. The van der Waals surface area contributed by atoms with Gasteiger partial charge < -0.3 is 0 Å². The maximum Gasteiger partial charge on any atom is 0.0556 e. The van der Waals surface area contributed by atoms with E-state index in [2.05, 4.69) is 13.8 Å². The molecular formula is C6H11ClS2. The summed E-state index contributed by atoms with van der Waals surface area (Å²) in [5.41, 5.74) is 0. The predicted octanol–water partition coefficient (Wildman–Crippen LogP) is 2.81. The van der Waals surface area contributed by atoms with Gasteiger partial charge in [-0.25, -0.2) is 0 Å². The van der Waals surface area contributed by atoms with Crippen molar-refractivity contribution in [1.82, 2.24) is 0 Å². The van der Waals surface area contributed by atoms with E-state index in [1.807, 2.05) is 23.5 Å². The average Bonchev–Trinajstić information content (AvgIpc) is 1.78. The SMILES string of the molecule is CC1(C)SCC(Cl)CS1. The Morgan fingerprint density at radius 2 is 1.78 bits per heavy atom. The molecule has 0 aromatic rings. The molecule has 0 aromatic carbocycles. The van der Waals surface area contributed by atoms with Crippen molar-refractivity contribution in [3.63, 3.8) is 0 Å². The Labute approximate surface area is 70.1 Å². The van der Waals surface area contributed by atoms with Gasteiger partial charge in [-0.15, -0.1) is 35.1 Å². The molecule has 0 N–H and O–H groups in total. The minimum absolute atomic E-state index is 0.396. The monoisotopic (exact) mass is 182 g/mol. The van der Waals surface area contributed by atoms with E-state index < -0.39 is 0 Å². The normalized spacial score (nSPS) is 28.3. The molecule has 0 spiro atoms. The minimum Gasteiger partial charge on any atom is -0.143 e. The van der Waals surface area contributed by atoms with Gasteiger partial charge in [0.1, 0.15) is 0 Å². The fourth-order valence-corrected chi connectivity index (χ4v) is 3.34. The molecule has 0 radical (unpaired) electrons. The highest BCUT2D eigenvalue weighted by molar-refractivity contribution is 8.18. The highest BCUT2D eigenvalue weighted by Crippen LogP contribution is 2.42. The molecule has 1 saturated heterocycles. The van der Waals surface area contributed by atoms with Gasteiger partial charge in [0.05, 0.1) is 9.46 Å². The summed E-state index contributed by atoms with van der Waals surface area (Å²) < 4.78 is 0.408. The van der Waals surface area contributed by atoms with Crippen molar-refractivity contribution < 1.29 is 0 Å². The van der Waals surface area contributed by atoms with Crippen LogP contribution in [0.5, 0.6) is 0 Å². The fourth-order valence-electron chi connectivity index (χ4n) is 0.672. The van der Waals surface area contributed by atoms with Crippen LogP contribution >= 0.6 is 35.1 Å². The van der Waals surface area contributed by atoms with Gasteiger partial charge in [0.15, 0.2) is 0 Å². The molecular weight excluding hydrogens is 172 g/mol. The van der Waals surface area contributed by atoms with Gasteiger partial charge in [-0.05, 0) is 13.8 Å². The summed E-state index contributed by atoms with van der Waals surface area (Å²) in [6, 6.07) is 0. The molecule has 0 amide bonds. The zero-order chi connectivity index (χ0) is 6.91. The lowest BCUT2D eigenvalue weighted by Gasteiger charge is -2.30. The lowest BCUT2D eigenvalue weighted by atomic mass is 10.5. The maximum absolute atomic E-state index is 5.90. The van der Waals surface area contributed by atoms with Crippen LogP contribution in [0.1, 0.15) is 13.8 Å². The fraction of sp³-hybridized carbons (Fsp3) is 1.00. The zero-order valence-electron chi connectivity index (χ0n) is 5.69. The molecule has 0 nitrogen and oxygen atoms in total. The van der Waals surface area contributed by atoms with Crippen LogP contribution in [0.2, 0.25) is 0 Å². The van der Waals surface area contributed by atoms with Gasteiger partial charge in [0.2, 0.25) is 0 Å². The van der Waals surface area contributed by atoms with Crippen LogP contribution < -0.4 is 0 Å². The number of alkyl halides is 1. The standard InChI is InChI=1S/C6H11ClS2/c1-6(2)8-3-5(7)4-9-6/h5H,3-4H2,1-2H3. The first-order valence-corrected chi connectivity index (χ1v) is 5.43. The maximum atomic E-state index is 5.90. The van der Waals surface area contributed by atoms with Gasteiger partial charge in [-0.1, -0.05) is 0 Å². The zero-order valence-corrected chi connectivity index (χ0v) is 8.07. The number of hydrogen-bond donors (Lipinski definition) is 0. The van der Waals surface area contributed by atoms with Crippen LogP contribution in [0.3, 0.4) is 0 Å². The first-order valence-electron chi connectivity index (χ1n) is 3.02. The van der Waals surface area contributed by atoms with E-state index in [4.69, 9.17) is 11.6 Å². The number of halogens is 1. The molecule has 0 saturated carbocycles. The summed E-state index contributed by atoms with van der Waals surface area (Å²) in [7, 11) is 0. The number of thioether (sulfide) groups is 2. The lowest BCUT2D eigenvalue weighted by Crippen LogP contribution is -2.23. The molecule has 0 unspecified atom stereocenters. The van der Waals surface area contributed by atoms with Crippen LogP contribution in [0.15, 0.2) is 0 Å². The third-order valence-corrected chi connectivity index (χ3v) is 5.13. The van der Waals surface area contributed by atoms with E-state index >= 15 is 0 Å². The van der Waals surface area contributed by atoms with E-state index in [0.29, 0.717) is 9.46 Å². The molecule has 54 valence electrons. The molecule has 1 rings (SSSR count). The predicted molar refractivity (Wildman–Crippen MR) is 48.6 cm³/mol. The number of hydrogen-bond acceptors (Lipinski definition) is 2. The number of rotatable bonds is 0. The van der Waals surface area contributed by atoms with Crippen molar-refractivity contribution in [3.05, 3.63) is 0 Å². The Hall–Kier alpha value is 0.990. The molecule has 1 aliphatic rings. The highest BCUT2D eigenvalue weighted by Gasteiger charge is 2.26. The van der Waals surface area contributed by atoms with Crippen molar-refractivity contribution in [3.8, 4) is 0 Å². The summed E-state index contributed by atoms with van der Waals surface area (Å²) in [4.78, 5) is 0. The molecule has 9 heavy (non-hydrogen) atoms. The summed E-state index contributed by atoms with van der Waals surface area (Å²) in [6.45, 7) is 4.51. The summed E-state index contributed by atoms with van der Waals surface area (Å²) in [5.74, 6) is 2.23. The quantitative estimate of drug-likeness (QED) is 0.529. The van der Waals surface area contributed by atoms with Crippen molar-refractivity contribution in [2.24, 2.45) is 0 Å². The van der Waals surface area contributed by atoms with E-state index in [0.717, 1.165) is 11.5 Å². The van der Waals surface area contributed by atoms with E-state index in [9.17, 15) is 0 Å². The van der Waals surface area contributed by atoms with E-state index in [1.54, 1.807) is 0 Å². The summed E-state index contributed by atoms with van der Waals surface area (Å²) >= 11 is 9.82. The molecule has 0 bridgehead atoms. The largest absolute Gasteiger partial charge is 0.143 e. The van der Waals surface area contributed by atoms with Crippen molar-refractivity contribution in [1.29, 1.82) is 0 Å². The second kappa shape index (κ2) is 2.93. The van der Waals surface area contributed by atoms with Crippen molar-refractivity contribution in [2.75, 3.05) is 11.5 Å². The van der Waals surface area contributed by atoms with Gasteiger partial charge in [-0.2, -0.15) is 0 Å². The van der Waals surface area contributed by atoms with Gasteiger partial charge >= 0.3 is 0 Å². The first kappa shape index (κ1) is 8.09. The molecule has 1 heterocycles.